The first kappa shape index (κ1) is 17.6. The Morgan fingerprint density at radius 2 is 2.16 bits per heavy atom. The van der Waals surface area contributed by atoms with Crippen LogP contribution in [0.2, 0.25) is 5.02 Å². The van der Waals surface area contributed by atoms with Crippen molar-refractivity contribution in [2.75, 3.05) is 18.5 Å². The van der Waals surface area contributed by atoms with Gasteiger partial charge in [-0.3, -0.25) is 4.79 Å². The van der Waals surface area contributed by atoms with Gasteiger partial charge in [0.1, 0.15) is 5.69 Å². The van der Waals surface area contributed by atoms with E-state index in [4.69, 9.17) is 16.3 Å². The molecular weight excluding hydrogens is 340 g/mol. The molecule has 1 unspecified atom stereocenters. The van der Waals surface area contributed by atoms with Gasteiger partial charge in [0, 0.05) is 29.6 Å². The number of anilines is 2. The number of nitrogens with one attached hydrogen (secondary N) is 2. The van der Waals surface area contributed by atoms with Crippen molar-refractivity contribution < 1.29 is 9.53 Å². The Kier molecular flexibility index (Phi) is 5.50. The van der Waals surface area contributed by atoms with Gasteiger partial charge in [0.05, 0.1) is 6.10 Å². The molecular formula is C18H21ClN4O2. The van der Waals surface area contributed by atoms with E-state index >= 15 is 0 Å². The molecule has 1 aliphatic heterocycles. The Morgan fingerprint density at radius 1 is 1.32 bits per heavy atom. The van der Waals surface area contributed by atoms with Gasteiger partial charge >= 0.3 is 0 Å². The number of hydrogen-bond donors (Lipinski definition) is 2. The molecule has 6 nitrogen and oxygen atoms in total. The van der Waals surface area contributed by atoms with Crippen molar-refractivity contribution >= 4 is 29.1 Å². The number of carbonyl (C=O) groups is 1. The summed E-state index contributed by atoms with van der Waals surface area (Å²) in [5.74, 6) is 0.133. The van der Waals surface area contributed by atoms with E-state index in [9.17, 15) is 4.79 Å². The van der Waals surface area contributed by atoms with Gasteiger partial charge in [0.15, 0.2) is 0 Å². The zero-order valence-electron chi connectivity index (χ0n) is 14.3. The highest BCUT2D eigenvalue weighted by atomic mass is 35.5. The predicted octanol–water partition coefficient (Wildman–Crippen LogP) is 3.40. The van der Waals surface area contributed by atoms with Gasteiger partial charge in [-0.25, -0.2) is 9.97 Å². The van der Waals surface area contributed by atoms with Gasteiger partial charge in [-0.05, 0) is 50.5 Å². The van der Waals surface area contributed by atoms with E-state index in [0.717, 1.165) is 30.7 Å². The number of amides is 1. The molecule has 132 valence electrons. The van der Waals surface area contributed by atoms with E-state index in [1.54, 1.807) is 12.1 Å². The van der Waals surface area contributed by atoms with Gasteiger partial charge in [-0.2, -0.15) is 0 Å². The standard InChI is InChI=1S/C18H21ClN4O2/c1-11-5-6-13(9-15(11)19)22-18-21-12(2)8-16(23-18)17(24)20-10-14-4-3-7-25-14/h5-6,8-9,14H,3-4,7,10H2,1-2H3,(H,20,24)(H,21,22,23). The van der Waals surface area contributed by atoms with Crippen molar-refractivity contribution in [2.45, 2.75) is 32.8 Å². The third-order valence-corrected chi connectivity index (χ3v) is 4.44. The van der Waals surface area contributed by atoms with Crippen molar-refractivity contribution in [3.05, 3.63) is 46.2 Å². The summed E-state index contributed by atoms with van der Waals surface area (Å²) in [6.45, 7) is 5.02. The second-order valence-electron chi connectivity index (χ2n) is 6.15. The number of ether oxygens (including phenoxy) is 1. The molecule has 0 spiro atoms. The lowest BCUT2D eigenvalue weighted by Crippen LogP contribution is -2.32. The first-order chi connectivity index (χ1) is 12.0. The molecule has 2 heterocycles. The molecule has 7 heteroatoms. The molecule has 1 atom stereocenters. The summed E-state index contributed by atoms with van der Waals surface area (Å²) in [7, 11) is 0. The minimum absolute atomic E-state index is 0.0965. The number of aryl methyl sites for hydroxylation is 2. The molecule has 1 saturated heterocycles. The maximum atomic E-state index is 12.4. The van der Waals surface area contributed by atoms with Crippen LogP contribution in [0.5, 0.6) is 0 Å². The van der Waals surface area contributed by atoms with Crippen molar-refractivity contribution in [2.24, 2.45) is 0 Å². The SMILES string of the molecule is Cc1cc(C(=O)NCC2CCCO2)nc(Nc2ccc(C)c(Cl)c2)n1. The van der Waals surface area contributed by atoms with E-state index in [1.165, 1.54) is 0 Å². The van der Waals surface area contributed by atoms with E-state index < -0.39 is 0 Å². The largest absolute Gasteiger partial charge is 0.376 e. The molecule has 0 bridgehead atoms. The molecule has 1 aromatic carbocycles. The van der Waals surface area contributed by atoms with Crippen LogP contribution in [0.15, 0.2) is 24.3 Å². The fraction of sp³-hybridized carbons (Fsp3) is 0.389. The molecule has 1 aliphatic rings. The lowest BCUT2D eigenvalue weighted by atomic mass is 10.2. The van der Waals surface area contributed by atoms with E-state index in [2.05, 4.69) is 20.6 Å². The second-order valence-corrected chi connectivity index (χ2v) is 6.56. The highest BCUT2D eigenvalue weighted by Gasteiger charge is 2.17. The average molecular weight is 361 g/mol. The highest BCUT2D eigenvalue weighted by molar-refractivity contribution is 6.31. The predicted molar refractivity (Wildman–Crippen MR) is 97.5 cm³/mol. The molecule has 1 fully saturated rings. The lowest BCUT2D eigenvalue weighted by Gasteiger charge is -2.12. The second kappa shape index (κ2) is 7.80. The van der Waals surface area contributed by atoms with Crippen LogP contribution in [0.3, 0.4) is 0 Å². The molecule has 2 N–H and O–H groups in total. The number of nitrogens with zero attached hydrogens (tertiary/aromatic N) is 2. The first-order valence-electron chi connectivity index (χ1n) is 8.30. The molecule has 3 rings (SSSR count). The first-order valence-corrected chi connectivity index (χ1v) is 8.68. The Balaban J connectivity index is 1.70. The Labute approximate surface area is 152 Å². The number of rotatable bonds is 5. The summed E-state index contributed by atoms with van der Waals surface area (Å²) in [5.41, 5.74) is 2.79. The topological polar surface area (TPSA) is 76.1 Å². The van der Waals surface area contributed by atoms with Gasteiger partial charge in [0.2, 0.25) is 5.95 Å². The molecule has 0 radical (unpaired) electrons. The molecule has 0 saturated carbocycles. The number of carbonyl (C=O) groups excluding carboxylic acids is 1. The summed E-state index contributed by atoms with van der Waals surface area (Å²) >= 11 is 6.14. The van der Waals surface area contributed by atoms with Crippen LogP contribution in [-0.2, 0) is 4.74 Å². The van der Waals surface area contributed by atoms with E-state index in [-0.39, 0.29) is 12.0 Å². The minimum Gasteiger partial charge on any atom is -0.376 e. The fourth-order valence-corrected chi connectivity index (χ4v) is 2.82. The normalized spacial score (nSPS) is 16.7. The number of aromatic nitrogens is 2. The summed E-state index contributed by atoms with van der Waals surface area (Å²) in [5, 5.41) is 6.63. The zero-order chi connectivity index (χ0) is 17.8. The molecule has 0 aliphatic carbocycles. The molecule has 25 heavy (non-hydrogen) atoms. The summed E-state index contributed by atoms with van der Waals surface area (Å²) < 4.78 is 5.51. The lowest BCUT2D eigenvalue weighted by molar-refractivity contribution is 0.0853. The van der Waals surface area contributed by atoms with Crippen molar-refractivity contribution in [1.29, 1.82) is 0 Å². The zero-order valence-corrected chi connectivity index (χ0v) is 15.1. The third-order valence-electron chi connectivity index (χ3n) is 4.03. The van der Waals surface area contributed by atoms with E-state index in [0.29, 0.717) is 28.9 Å². The van der Waals surface area contributed by atoms with Crippen LogP contribution in [0, 0.1) is 13.8 Å². The summed E-state index contributed by atoms with van der Waals surface area (Å²) in [6.07, 6.45) is 2.11. The Hall–Kier alpha value is -2.18. The average Bonchev–Trinajstić information content (AvgIpc) is 3.09. The van der Waals surface area contributed by atoms with Crippen molar-refractivity contribution in [3.63, 3.8) is 0 Å². The van der Waals surface area contributed by atoms with Gasteiger partial charge in [0.25, 0.3) is 5.91 Å². The maximum absolute atomic E-state index is 12.4. The van der Waals surface area contributed by atoms with E-state index in [1.807, 2.05) is 26.0 Å². The fourth-order valence-electron chi connectivity index (χ4n) is 2.64. The Morgan fingerprint density at radius 3 is 2.88 bits per heavy atom. The van der Waals surface area contributed by atoms with Gasteiger partial charge in [-0.15, -0.1) is 0 Å². The van der Waals surface area contributed by atoms with Crippen LogP contribution in [0.1, 0.15) is 34.6 Å². The summed E-state index contributed by atoms with van der Waals surface area (Å²) in [6, 6.07) is 7.28. The van der Waals surface area contributed by atoms with Gasteiger partial charge in [-0.1, -0.05) is 17.7 Å². The molecule has 1 aromatic heterocycles. The van der Waals surface area contributed by atoms with Crippen LogP contribution in [0.4, 0.5) is 11.6 Å². The number of benzene rings is 1. The Bertz CT molecular complexity index is 776. The number of hydrogen-bond acceptors (Lipinski definition) is 5. The maximum Gasteiger partial charge on any atom is 0.270 e. The van der Waals surface area contributed by atoms with Gasteiger partial charge < -0.3 is 15.4 Å². The molecule has 1 amide bonds. The molecule has 2 aromatic rings. The minimum atomic E-state index is -0.231. The highest BCUT2D eigenvalue weighted by Crippen LogP contribution is 2.22. The van der Waals surface area contributed by atoms with Crippen LogP contribution in [-0.4, -0.2) is 35.1 Å². The van der Waals surface area contributed by atoms with Crippen LogP contribution >= 0.6 is 11.6 Å². The summed E-state index contributed by atoms with van der Waals surface area (Å²) in [4.78, 5) is 21.0. The third kappa shape index (κ3) is 4.67. The van der Waals surface area contributed by atoms with Crippen molar-refractivity contribution in [1.82, 2.24) is 15.3 Å². The smallest absolute Gasteiger partial charge is 0.270 e. The monoisotopic (exact) mass is 360 g/mol. The van der Waals surface area contributed by atoms with Crippen LogP contribution in [0.25, 0.3) is 0 Å². The number of halogens is 1. The van der Waals surface area contributed by atoms with Crippen molar-refractivity contribution in [3.8, 4) is 0 Å². The van der Waals surface area contributed by atoms with Crippen LogP contribution < -0.4 is 10.6 Å². The quantitative estimate of drug-likeness (QED) is 0.854.